The van der Waals surface area contributed by atoms with Crippen molar-refractivity contribution in [2.24, 2.45) is 0 Å². The van der Waals surface area contributed by atoms with Gasteiger partial charge in [-0.15, -0.1) is 23.8 Å². The fraction of sp³-hybridized carbons (Fsp3) is 0.128. The van der Waals surface area contributed by atoms with Gasteiger partial charge in [0.05, 0.1) is 0 Å². The second-order valence-electron chi connectivity index (χ2n) is 10.2. The van der Waals surface area contributed by atoms with Gasteiger partial charge in [0.25, 0.3) is 0 Å². The van der Waals surface area contributed by atoms with Crippen LogP contribution in [0.25, 0.3) is 23.3 Å². The molecule has 5 aromatic rings. The molecule has 0 saturated heterocycles. The molecule has 0 radical (unpaired) electrons. The van der Waals surface area contributed by atoms with Crippen molar-refractivity contribution in [2.45, 2.75) is 33.1 Å². The zero-order valence-corrected chi connectivity index (χ0v) is 28.3. The summed E-state index contributed by atoms with van der Waals surface area (Å²) in [7, 11) is 0. The Morgan fingerprint density at radius 3 is 1.83 bits per heavy atom. The van der Waals surface area contributed by atoms with Gasteiger partial charge in [-0.1, -0.05) is 55.8 Å². The van der Waals surface area contributed by atoms with Crippen molar-refractivity contribution in [3.05, 3.63) is 173 Å². The molecule has 0 amide bonds. The molecule has 6 rings (SSSR count). The zero-order valence-electron chi connectivity index (χ0n) is 24.3. The Morgan fingerprint density at radius 1 is 0.786 bits per heavy atom. The average Bonchev–Trinajstić information content (AvgIpc) is 3.55. The van der Waals surface area contributed by atoms with Crippen molar-refractivity contribution in [3.63, 3.8) is 0 Å². The monoisotopic (exact) mass is 664 g/mol. The molecular formula is C39H36Cl2Zr-2. The van der Waals surface area contributed by atoms with Crippen LogP contribution in [0.15, 0.2) is 122 Å². The van der Waals surface area contributed by atoms with E-state index in [4.69, 9.17) is 0 Å². The van der Waals surface area contributed by atoms with Crippen LogP contribution in [0.1, 0.15) is 44.5 Å². The minimum absolute atomic E-state index is 0. The van der Waals surface area contributed by atoms with E-state index in [9.17, 15) is 0 Å². The van der Waals surface area contributed by atoms with Crippen molar-refractivity contribution in [2.75, 3.05) is 0 Å². The minimum atomic E-state index is 0. The van der Waals surface area contributed by atoms with Crippen LogP contribution in [0.3, 0.4) is 0 Å². The number of rotatable bonds is 6. The molecule has 0 spiro atoms. The van der Waals surface area contributed by atoms with Gasteiger partial charge in [0.1, 0.15) is 0 Å². The molecule has 0 atom stereocenters. The number of hydrogen-bond donors (Lipinski definition) is 0. The molecule has 0 aliphatic heterocycles. The Kier molecular flexibility index (Phi) is 15.0. The first-order valence-corrected chi connectivity index (χ1v) is 14.9. The maximum atomic E-state index is 3.82. The molecule has 5 aromatic carbocycles. The third-order valence-electron chi connectivity index (χ3n) is 6.90. The van der Waals surface area contributed by atoms with Gasteiger partial charge in [0.2, 0.25) is 0 Å². The third kappa shape index (κ3) is 10.4. The van der Waals surface area contributed by atoms with Crippen LogP contribution in [-0.4, -0.2) is 3.21 Å². The predicted octanol–water partition coefficient (Wildman–Crippen LogP) is 3.57. The van der Waals surface area contributed by atoms with Gasteiger partial charge in [-0.05, 0) is 12.0 Å². The molecule has 0 N–H and O–H groups in total. The molecule has 0 aromatic heterocycles. The van der Waals surface area contributed by atoms with E-state index in [1.807, 2.05) is 18.2 Å². The van der Waals surface area contributed by atoms with Crippen molar-refractivity contribution in [3.8, 4) is 11.1 Å². The Balaban J connectivity index is 0.000000231. The maximum absolute atomic E-state index is 3.82. The van der Waals surface area contributed by atoms with Gasteiger partial charge in [-0.25, -0.2) is 11.6 Å². The Labute approximate surface area is 279 Å². The number of fused-ring (bicyclic) bond motifs is 3. The van der Waals surface area contributed by atoms with Crippen molar-refractivity contribution < 1.29 is 49.0 Å². The van der Waals surface area contributed by atoms with Gasteiger partial charge in [0, 0.05) is 0 Å². The van der Waals surface area contributed by atoms with E-state index >= 15 is 0 Å². The van der Waals surface area contributed by atoms with E-state index in [1.165, 1.54) is 50.1 Å². The van der Waals surface area contributed by atoms with Crippen molar-refractivity contribution in [1.82, 2.24) is 0 Å². The Hall–Kier alpha value is -2.96. The van der Waals surface area contributed by atoms with E-state index in [-0.39, 0.29) is 24.8 Å². The first-order chi connectivity index (χ1) is 19.4. The van der Waals surface area contributed by atoms with E-state index in [0.717, 1.165) is 24.8 Å². The molecule has 0 unspecified atom stereocenters. The van der Waals surface area contributed by atoms with Gasteiger partial charge < -0.3 is 24.8 Å². The summed E-state index contributed by atoms with van der Waals surface area (Å²) < 4.78 is 1.60. The molecule has 0 bridgehead atoms. The summed E-state index contributed by atoms with van der Waals surface area (Å²) >= 11 is 1.55. The second kappa shape index (κ2) is 17.9. The Morgan fingerprint density at radius 2 is 1.36 bits per heavy atom. The molecular weight excluding hydrogens is 631 g/mol. The standard InChI is InChI=1S/C17H13.C15H14.C7H9.2ClH.Zr/c1-3-12-5-7-14-11-15-8-6-13(4-2)10-17(15)16(14)9-12;1-3-8-14(9-4-1)12-7-13-15-10-5-2-6-11-15;1-6-3-4-7(2)5-6;;;/h3-7,9-10H,1-2,11H2;1-6,8-11H,12-13H2;3-5H,1-2H3;2*1H;/q-1;;-1;;;+2/p-2. The first-order valence-electron chi connectivity index (χ1n) is 13.7. The summed E-state index contributed by atoms with van der Waals surface area (Å²) in [5.74, 6) is 0. The Bertz CT molecular complexity index is 1460. The molecule has 42 heavy (non-hydrogen) atoms. The van der Waals surface area contributed by atoms with Crippen molar-refractivity contribution >= 4 is 15.4 Å². The van der Waals surface area contributed by atoms with E-state index in [2.05, 4.69) is 136 Å². The number of benzene rings is 4. The molecule has 1 aliphatic carbocycles. The molecule has 212 valence electrons. The van der Waals surface area contributed by atoms with Crippen LogP contribution in [-0.2, 0) is 43.5 Å². The summed E-state index contributed by atoms with van der Waals surface area (Å²) in [4.78, 5) is 0. The van der Waals surface area contributed by atoms with E-state index < -0.39 is 0 Å². The number of hydrogen-bond acceptors (Lipinski definition) is 0. The summed E-state index contributed by atoms with van der Waals surface area (Å²) in [6, 6.07) is 41.9. The SMILES string of the molecule is C=Cc1c[c-]c2c(c1)-c1cc(C=C)ccc1C2.Cc1c[cH-]c(C)c1.[Cl-].[Cl-].[Zr+2]=[C](Cc1ccccc1)Cc1ccccc1. The molecule has 0 fully saturated rings. The van der Waals surface area contributed by atoms with Gasteiger partial charge in [-0.2, -0.15) is 41.5 Å². The fourth-order valence-electron chi connectivity index (χ4n) is 4.83. The summed E-state index contributed by atoms with van der Waals surface area (Å²) in [6.45, 7) is 11.8. The van der Waals surface area contributed by atoms with Gasteiger partial charge >= 0.3 is 112 Å². The van der Waals surface area contributed by atoms with Gasteiger partial charge in [-0.3, -0.25) is 0 Å². The van der Waals surface area contributed by atoms with Crippen LogP contribution in [0.2, 0.25) is 0 Å². The fourth-order valence-corrected chi connectivity index (χ4v) is 5.83. The molecule has 3 heteroatoms. The third-order valence-corrected chi connectivity index (χ3v) is 7.77. The molecule has 0 saturated carbocycles. The average molecular weight is 667 g/mol. The van der Waals surface area contributed by atoms with Crippen LogP contribution < -0.4 is 24.8 Å². The second-order valence-corrected chi connectivity index (χ2v) is 12.0. The van der Waals surface area contributed by atoms with Gasteiger partial charge in [0.15, 0.2) is 0 Å². The normalized spacial score (nSPS) is 10.2. The molecule has 1 aliphatic rings. The van der Waals surface area contributed by atoms with E-state index in [1.54, 1.807) is 27.4 Å². The summed E-state index contributed by atoms with van der Waals surface area (Å²) in [6.07, 6.45) is 6.98. The number of aryl methyl sites for hydroxylation is 2. The van der Waals surface area contributed by atoms with Crippen molar-refractivity contribution in [1.29, 1.82) is 0 Å². The summed E-state index contributed by atoms with van der Waals surface area (Å²) in [5.41, 5.74) is 13.1. The topological polar surface area (TPSA) is 0 Å². The zero-order chi connectivity index (χ0) is 28.3. The first kappa shape index (κ1) is 35.2. The van der Waals surface area contributed by atoms with Crippen LogP contribution in [0, 0.1) is 19.9 Å². The van der Waals surface area contributed by atoms with E-state index in [0.29, 0.717) is 0 Å². The predicted molar refractivity (Wildman–Crippen MR) is 171 cm³/mol. The number of halogens is 2. The van der Waals surface area contributed by atoms with Crippen LogP contribution >= 0.6 is 0 Å². The molecule has 0 nitrogen and oxygen atoms in total. The van der Waals surface area contributed by atoms with Crippen LogP contribution in [0.4, 0.5) is 0 Å². The molecule has 0 heterocycles. The van der Waals surface area contributed by atoms with Crippen LogP contribution in [0.5, 0.6) is 0 Å². The summed E-state index contributed by atoms with van der Waals surface area (Å²) in [5, 5.41) is 0. The quantitative estimate of drug-likeness (QED) is 0.239.